The van der Waals surface area contributed by atoms with E-state index in [9.17, 15) is 4.79 Å². The molecule has 7 heteroatoms. The van der Waals surface area contributed by atoms with E-state index in [1.807, 2.05) is 18.2 Å². The molecule has 0 fully saturated rings. The fourth-order valence-electron chi connectivity index (χ4n) is 3.35. The molecule has 0 aliphatic carbocycles. The molecule has 0 saturated heterocycles. The van der Waals surface area contributed by atoms with Gasteiger partial charge in [0.2, 0.25) is 0 Å². The van der Waals surface area contributed by atoms with Gasteiger partial charge in [-0.15, -0.1) is 10.2 Å². The summed E-state index contributed by atoms with van der Waals surface area (Å²) in [6.45, 7) is 2.90. The number of methoxy groups -OCH3 is 1. The monoisotopic (exact) mass is 424 g/mol. The molecule has 6 nitrogen and oxygen atoms in total. The number of nitrogens with zero attached hydrogens (tertiary/aromatic N) is 4. The second-order valence-electron chi connectivity index (χ2n) is 7.28. The van der Waals surface area contributed by atoms with Crippen molar-refractivity contribution in [2.75, 3.05) is 21.2 Å². The SMILES string of the molecule is CC[C@H](c1nnc(SCc2ccc(C(=O)OC)cc2)n1Cc1ccccc1)N(C)C. The normalized spacial score (nSPS) is 12.2. The highest BCUT2D eigenvalue weighted by atomic mass is 32.2. The Morgan fingerprint density at radius 1 is 1.07 bits per heavy atom. The average molecular weight is 425 g/mol. The molecule has 0 unspecified atom stereocenters. The molecular formula is C23H28N4O2S. The Labute approximate surface area is 182 Å². The zero-order valence-electron chi connectivity index (χ0n) is 17.9. The summed E-state index contributed by atoms with van der Waals surface area (Å²) in [4.78, 5) is 13.8. The van der Waals surface area contributed by atoms with Crippen molar-refractivity contribution in [3.05, 3.63) is 77.1 Å². The van der Waals surface area contributed by atoms with Crippen molar-refractivity contribution in [1.82, 2.24) is 19.7 Å². The minimum Gasteiger partial charge on any atom is -0.465 e. The predicted molar refractivity (Wildman–Crippen MR) is 120 cm³/mol. The van der Waals surface area contributed by atoms with Crippen LogP contribution in [-0.2, 0) is 17.0 Å². The number of hydrogen-bond donors (Lipinski definition) is 0. The van der Waals surface area contributed by atoms with Crippen LogP contribution in [0.1, 0.15) is 46.7 Å². The smallest absolute Gasteiger partial charge is 0.337 e. The molecule has 158 valence electrons. The van der Waals surface area contributed by atoms with Crippen LogP contribution in [0.15, 0.2) is 59.8 Å². The third-order valence-electron chi connectivity index (χ3n) is 4.98. The molecule has 0 radical (unpaired) electrons. The number of carbonyl (C=O) groups excluding carboxylic acids is 1. The molecule has 1 heterocycles. The largest absolute Gasteiger partial charge is 0.465 e. The molecule has 0 saturated carbocycles. The molecule has 0 spiro atoms. The summed E-state index contributed by atoms with van der Waals surface area (Å²) in [5, 5.41) is 9.96. The van der Waals surface area contributed by atoms with Gasteiger partial charge in [-0.3, -0.25) is 4.90 Å². The second kappa shape index (κ2) is 10.4. The average Bonchev–Trinajstić information content (AvgIpc) is 3.15. The van der Waals surface area contributed by atoms with Crippen LogP contribution in [0, 0.1) is 0 Å². The molecular weight excluding hydrogens is 396 g/mol. The van der Waals surface area contributed by atoms with E-state index < -0.39 is 0 Å². The lowest BCUT2D eigenvalue weighted by Crippen LogP contribution is -2.23. The van der Waals surface area contributed by atoms with Gasteiger partial charge in [-0.25, -0.2) is 4.79 Å². The lowest BCUT2D eigenvalue weighted by atomic mass is 10.1. The molecule has 0 aliphatic rings. The minimum absolute atomic E-state index is 0.204. The van der Waals surface area contributed by atoms with Gasteiger partial charge in [-0.1, -0.05) is 61.2 Å². The number of ether oxygens (including phenoxy) is 1. The fourth-order valence-corrected chi connectivity index (χ4v) is 4.25. The molecule has 2 aromatic carbocycles. The number of benzene rings is 2. The second-order valence-corrected chi connectivity index (χ2v) is 8.22. The zero-order chi connectivity index (χ0) is 21.5. The summed E-state index contributed by atoms with van der Waals surface area (Å²) in [5.41, 5.74) is 2.89. The predicted octanol–water partition coefficient (Wildman–Crippen LogP) is 4.42. The molecule has 0 aliphatic heterocycles. The Balaban J connectivity index is 1.83. The Kier molecular flexibility index (Phi) is 7.65. The Morgan fingerprint density at radius 2 is 1.77 bits per heavy atom. The van der Waals surface area contributed by atoms with Crippen molar-refractivity contribution in [1.29, 1.82) is 0 Å². The molecule has 1 atom stereocenters. The third kappa shape index (κ3) is 5.29. The first-order chi connectivity index (χ1) is 14.5. The van der Waals surface area contributed by atoms with Crippen molar-refractivity contribution in [3.8, 4) is 0 Å². The summed E-state index contributed by atoms with van der Waals surface area (Å²) in [5.74, 6) is 1.40. The summed E-state index contributed by atoms with van der Waals surface area (Å²) in [6, 6.07) is 18.1. The topological polar surface area (TPSA) is 60.2 Å². The van der Waals surface area contributed by atoms with E-state index in [1.165, 1.54) is 12.7 Å². The Morgan fingerprint density at radius 3 is 2.37 bits per heavy atom. The number of esters is 1. The first kappa shape index (κ1) is 22.1. The van der Waals surface area contributed by atoms with Gasteiger partial charge in [0.1, 0.15) is 0 Å². The van der Waals surface area contributed by atoms with Crippen LogP contribution >= 0.6 is 11.8 Å². The molecule has 0 amide bonds. The maximum absolute atomic E-state index is 11.6. The van der Waals surface area contributed by atoms with E-state index in [-0.39, 0.29) is 12.0 Å². The van der Waals surface area contributed by atoms with E-state index in [1.54, 1.807) is 23.9 Å². The fraction of sp³-hybridized carbons (Fsp3) is 0.348. The maximum Gasteiger partial charge on any atom is 0.337 e. The van der Waals surface area contributed by atoms with Gasteiger partial charge in [-0.05, 0) is 43.8 Å². The van der Waals surface area contributed by atoms with Gasteiger partial charge in [0.05, 0.1) is 25.3 Å². The van der Waals surface area contributed by atoms with E-state index in [0.717, 1.165) is 35.3 Å². The Hall–Kier alpha value is -2.64. The summed E-state index contributed by atoms with van der Waals surface area (Å²) in [6.07, 6.45) is 0.958. The number of carbonyl (C=O) groups is 1. The van der Waals surface area contributed by atoms with E-state index in [4.69, 9.17) is 4.74 Å². The molecule has 1 aromatic heterocycles. The van der Waals surface area contributed by atoms with Gasteiger partial charge in [0.25, 0.3) is 0 Å². The number of thioether (sulfide) groups is 1. The van der Waals surface area contributed by atoms with Gasteiger partial charge >= 0.3 is 5.97 Å². The molecule has 30 heavy (non-hydrogen) atoms. The standard InChI is InChI=1S/C23H28N4O2S/c1-5-20(26(2)3)21-24-25-23(27(21)15-17-9-7-6-8-10-17)30-16-18-11-13-19(14-12-18)22(28)29-4/h6-14,20H,5,15-16H2,1-4H3/t20-/m1/s1. The zero-order valence-corrected chi connectivity index (χ0v) is 18.7. The van der Waals surface area contributed by atoms with Crippen LogP contribution in [0.5, 0.6) is 0 Å². The minimum atomic E-state index is -0.323. The maximum atomic E-state index is 11.6. The highest BCUT2D eigenvalue weighted by molar-refractivity contribution is 7.98. The number of rotatable bonds is 9. The van der Waals surface area contributed by atoms with Crippen LogP contribution in [0.2, 0.25) is 0 Å². The van der Waals surface area contributed by atoms with Gasteiger partial charge in [-0.2, -0.15) is 0 Å². The third-order valence-corrected chi connectivity index (χ3v) is 6.02. The summed E-state index contributed by atoms with van der Waals surface area (Å²) in [7, 11) is 5.54. The van der Waals surface area contributed by atoms with Crippen molar-refractivity contribution >= 4 is 17.7 Å². The first-order valence-corrected chi connectivity index (χ1v) is 11.0. The van der Waals surface area contributed by atoms with E-state index in [2.05, 4.69) is 64.9 Å². The first-order valence-electron chi connectivity index (χ1n) is 9.97. The summed E-state index contributed by atoms with van der Waals surface area (Å²) >= 11 is 1.65. The lowest BCUT2D eigenvalue weighted by molar-refractivity contribution is 0.0600. The van der Waals surface area contributed by atoms with E-state index in [0.29, 0.717) is 5.56 Å². The van der Waals surface area contributed by atoms with Crippen molar-refractivity contribution < 1.29 is 9.53 Å². The van der Waals surface area contributed by atoms with Crippen molar-refractivity contribution in [2.45, 2.75) is 36.8 Å². The van der Waals surface area contributed by atoms with Gasteiger partial charge in [0, 0.05) is 5.75 Å². The number of hydrogen-bond acceptors (Lipinski definition) is 6. The highest BCUT2D eigenvalue weighted by Gasteiger charge is 2.22. The molecule has 0 N–H and O–H groups in total. The van der Waals surface area contributed by atoms with Crippen molar-refractivity contribution in [3.63, 3.8) is 0 Å². The Bertz CT molecular complexity index is 955. The van der Waals surface area contributed by atoms with Crippen LogP contribution in [0.25, 0.3) is 0 Å². The van der Waals surface area contributed by atoms with Crippen LogP contribution in [0.4, 0.5) is 0 Å². The lowest BCUT2D eigenvalue weighted by Gasteiger charge is -2.23. The van der Waals surface area contributed by atoms with Gasteiger partial charge in [0.15, 0.2) is 11.0 Å². The molecule has 3 rings (SSSR count). The van der Waals surface area contributed by atoms with Crippen LogP contribution in [0.3, 0.4) is 0 Å². The van der Waals surface area contributed by atoms with Crippen LogP contribution in [-0.4, -0.2) is 46.8 Å². The number of aromatic nitrogens is 3. The molecule has 3 aromatic rings. The van der Waals surface area contributed by atoms with Gasteiger partial charge < -0.3 is 9.30 Å². The van der Waals surface area contributed by atoms with Crippen LogP contribution < -0.4 is 0 Å². The van der Waals surface area contributed by atoms with E-state index >= 15 is 0 Å². The molecule has 0 bridgehead atoms. The van der Waals surface area contributed by atoms with Crippen molar-refractivity contribution in [2.24, 2.45) is 0 Å². The quantitative estimate of drug-likeness (QED) is 0.374. The highest BCUT2D eigenvalue weighted by Crippen LogP contribution is 2.28. The summed E-state index contributed by atoms with van der Waals surface area (Å²) < 4.78 is 6.98.